The van der Waals surface area contributed by atoms with E-state index in [0.717, 1.165) is 14.2 Å². The number of sulfone groups is 1. The van der Waals surface area contributed by atoms with Crippen LogP contribution in [0.25, 0.3) is 0 Å². The van der Waals surface area contributed by atoms with Crippen molar-refractivity contribution in [1.82, 2.24) is 10.6 Å². The van der Waals surface area contributed by atoms with Crippen LogP contribution in [-0.2, 0) is 24.1 Å². The Morgan fingerprint density at radius 2 is 1.53 bits per heavy atom. The van der Waals surface area contributed by atoms with Gasteiger partial charge in [-0.25, -0.2) is 23.0 Å². The van der Waals surface area contributed by atoms with Gasteiger partial charge in [0.05, 0.1) is 47.0 Å². The van der Waals surface area contributed by atoms with E-state index < -0.39 is 33.9 Å². The number of hydrogen-bond donors (Lipinski definition) is 3. The van der Waals surface area contributed by atoms with Gasteiger partial charge in [-0.15, -0.1) is 0 Å². The standard InChI is InChI=1S/C21H21N5O7S/c1-4-18(27)23-17-11-15(34(30,31)14-7-5-13(12-22)6-8-14)9-10-16(17)24-19(25-20(28)32-2)26-21(29)33-3/h5-11H,4H2,1-3H3,(H,23,27)(H2,24,25,26,28,29). The first kappa shape index (κ1) is 25.8. The molecule has 0 saturated heterocycles. The number of nitrogens with one attached hydrogen (secondary N) is 3. The highest BCUT2D eigenvalue weighted by molar-refractivity contribution is 7.91. The van der Waals surface area contributed by atoms with E-state index in [1.54, 1.807) is 6.92 Å². The Morgan fingerprint density at radius 1 is 0.971 bits per heavy atom. The molecule has 12 nitrogen and oxygen atoms in total. The topological polar surface area (TPSA) is 176 Å². The zero-order chi connectivity index (χ0) is 25.3. The highest BCUT2D eigenvalue weighted by atomic mass is 32.2. The van der Waals surface area contributed by atoms with Crippen molar-refractivity contribution in [3.8, 4) is 6.07 Å². The lowest BCUT2D eigenvalue weighted by molar-refractivity contribution is -0.115. The summed E-state index contributed by atoms with van der Waals surface area (Å²) in [6, 6.07) is 10.9. The van der Waals surface area contributed by atoms with Crippen molar-refractivity contribution in [3.63, 3.8) is 0 Å². The molecule has 2 aromatic carbocycles. The van der Waals surface area contributed by atoms with Crippen LogP contribution in [0.5, 0.6) is 0 Å². The summed E-state index contributed by atoms with van der Waals surface area (Å²) in [5.41, 5.74) is 0.309. The van der Waals surface area contributed by atoms with Crippen molar-refractivity contribution >= 4 is 45.3 Å². The average molecular weight is 487 g/mol. The molecule has 2 rings (SSSR count). The molecule has 0 aliphatic carbocycles. The number of carbonyl (C=O) groups excluding carboxylic acids is 3. The number of rotatable bonds is 5. The monoisotopic (exact) mass is 487 g/mol. The molecular weight excluding hydrogens is 466 g/mol. The lowest BCUT2D eigenvalue weighted by Gasteiger charge is -2.13. The van der Waals surface area contributed by atoms with E-state index in [9.17, 15) is 22.8 Å². The number of guanidine groups is 1. The van der Waals surface area contributed by atoms with Crippen LogP contribution in [0.15, 0.2) is 57.2 Å². The van der Waals surface area contributed by atoms with Crippen molar-refractivity contribution in [3.05, 3.63) is 48.0 Å². The Bertz CT molecular complexity index is 1250. The third-order valence-electron chi connectivity index (χ3n) is 4.21. The molecule has 0 fully saturated rings. The number of anilines is 1. The van der Waals surface area contributed by atoms with Gasteiger partial charge >= 0.3 is 12.2 Å². The number of nitrogens with zero attached hydrogens (tertiary/aromatic N) is 2. The minimum absolute atomic E-state index is 0.00241. The molecule has 13 heteroatoms. The van der Waals surface area contributed by atoms with Crippen LogP contribution in [0.3, 0.4) is 0 Å². The first-order valence-corrected chi connectivity index (χ1v) is 11.1. The van der Waals surface area contributed by atoms with Crippen LogP contribution in [0.4, 0.5) is 21.0 Å². The van der Waals surface area contributed by atoms with Gasteiger partial charge < -0.3 is 14.8 Å². The number of benzene rings is 2. The molecule has 0 spiro atoms. The number of hydrogen-bond acceptors (Lipinski definition) is 9. The van der Waals surface area contributed by atoms with Crippen LogP contribution in [-0.4, -0.2) is 46.7 Å². The van der Waals surface area contributed by atoms with Crippen molar-refractivity contribution in [1.29, 1.82) is 5.26 Å². The molecule has 3 amide bonds. The molecule has 0 saturated carbocycles. The van der Waals surface area contributed by atoms with Crippen molar-refractivity contribution in [2.45, 2.75) is 23.1 Å². The maximum Gasteiger partial charge on any atom is 0.413 e. The lowest BCUT2D eigenvalue weighted by Crippen LogP contribution is -2.43. The predicted molar refractivity (Wildman–Crippen MR) is 120 cm³/mol. The van der Waals surface area contributed by atoms with Crippen LogP contribution < -0.4 is 16.0 Å². The van der Waals surface area contributed by atoms with Gasteiger partial charge in [-0.1, -0.05) is 6.92 Å². The zero-order valence-corrected chi connectivity index (χ0v) is 19.2. The molecule has 0 aliphatic heterocycles. The van der Waals surface area contributed by atoms with Gasteiger partial charge in [-0.3, -0.25) is 15.4 Å². The zero-order valence-electron chi connectivity index (χ0n) is 18.4. The van der Waals surface area contributed by atoms with Gasteiger partial charge in [-0.05, 0) is 42.5 Å². The molecule has 34 heavy (non-hydrogen) atoms. The quantitative estimate of drug-likeness (QED) is 0.425. The molecule has 0 heterocycles. The molecule has 3 N–H and O–H groups in total. The summed E-state index contributed by atoms with van der Waals surface area (Å²) in [7, 11) is -1.81. The van der Waals surface area contributed by atoms with E-state index in [-0.39, 0.29) is 27.6 Å². The highest BCUT2D eigenvalue weighted by Crippen LogP contribution is 2.31. The van der Waals surface area contributed by atoms with Crippen LogP contribution >= 0.6 is 0 Å². The lowest BCUT2D eigenvalue weighted by atomic mass is 10.2. The smallest absolute Gasteiger partial charge is 0.413 e. The fraction of sp³-hybridized carbons (Fsp3) is 0.190. The Hall–Kier alpha value is -4.44. The minimum atomic E-state index is -4.01. The molecule has 0 atom stereocenters. The van der Waals surface area contributed by atoms with Gasteiger partial charge in [0.2, 0.25) is 21.7 Å². The molecular formula is C21H21N5O7S. The second kappa shape index (κ2) is 11.4. The maximum absolute atomic E-state index is 13.1. The van der Waals surface area contributed by atoms with Crippen molar-refractivity contribution in [2.75, 3.05) is 19.5 Å². The number of ether oxygens (including phenoxy) is 2. The number of amides is 3. The normalized spacial score (nSPS) is 10.3. The van der Waals surface area contributed by atoms with Gasteiger partial charge in [-0.2, -0.15) is 5.26 Å². The van der Waals surface area contributed by atoms with Crippen LogP contribution in [0.2, 0.25) is 0 Å². The fourth-order valence-corrected chi connectivity index (χ4v) is 3.75. The Morgan fingerprint density at radius 3 is 2.03 bits per heavy atom. The van der Waals surface area contributed by atoms with E-state index >= 15 is 0 Å². The molecule has 0 aliphatic rings. The molecule has 0 radical (unpaired) electrons. The molecule has 178 valence electrons. The number of nitriles is 1. The van der Waals surface area contributed by atoms with E-state index in [4.69, 9.17) is 5.26 Å². The van der Waals surface area contributed by atoms with Crippen LogP contribution in [0, 0.1) is 11.3 Å². The van der Waals surface area contributed by atoms with Crippen molar-refractivity contribution < 1.29 is 32.3 Å². The number of aliphatic imine (C=N–C) groups is 1. The van der Waals surface area contributed by atoms with E-state index in [2.05, 4.69) is 30.4 Å². The second-order valence-electron chi connectivity index (χ2n) is 6.41. The first-order valence-electron chi connectivity index (χ1n) is 9.62. The Kier molecular flexibility index (Phi) is 8.68. The third-order valence-corrected chi connectivity index (χ3v) is 5.98. The van der Waals surface area contributed by atoms with Gasteiger partial charge in [0.1, 0.15) is 0 Å². The number of carbonyl (C=O) groups is 3. The van der Waals surface area contributed by atoms with E-state index in [1.807, 2.05) is 6.07 Å². The van der Waals surface area contributed by atoms with Crippen molar-refractivity contribution in [2.24, 2.45) is 4.99 Å². The summed E-state index contributed by atoms with van der Waals surface area (Å²) >= 11 is 0. The predicted octanol–water partition coefficient (Wildman–Crippen LogP) is 2.44. The highest BCUT2D eigenvalue weighted by Gasteiger charge is 2.20. The SMILES string of the molecule is CCC(=O)Nc1cc(S(=O)(=O)c2ccc(C#N)cc2)ccc1N=C(NC(=O)OC)NC(=O)OC. The summed E-state index contributed by atoms with van der Waals surface area (Å²) in [4.78, 5) is 39.1. The molecule has 2 aromatic rings. The van der Waals surface area contributed by atoms with Gasteiger partial charge in [0, 0.05) is 6.42 Å². The summed E-state index contributed by atoms with van der Waals surface area (Å²) < 4.78 is 35.1. The molecule has 0 aromatic heterocycles. The first-order chi connectivity index (χ1) is 16.1. The Balaban J connectivity index is 2.58. The molecule has 0 unspecified atom stereocenters. The molecule has 0 bridgehead atoms. The number of methoxy groups -OCH3 is 2. The Labute approximate surface area is 195 Å². The summed E-state index contributed by atoms with van der Waals surface area (Å²) in [5, 5.41) is 15.8. The number of alkyl carbamates (subject to hydrolysis) is 2. The second-order valence-corrected chi connectivity index (χ2v) is 8.36. The van der Waals surface area contributed by atoms with Gasteiger partial charge in [0.15, 0.2) is 0 Å². The summed E-state index contributed by atoms with van der Waals surface area (Å²) in [6.07, 6.45) is -1.81. The largest absolute Gasteiger partial charge is 0.453 e. The third kappa shape index (κ3) is 6.53. The van der Waals surface area contributed by atoms with Crippen LogP contribution in [0.1, 0.15) is 18.9 Å². The van der Waals surface area contributed by atoms with E-state index in [0.29, 0.717) is 5.56 Å². The summed E-state index contributed by atoms with van der Waals surface area (Å²) in [5.74, 6) is -0.832. The fourth-order valence-electron chi connectivity index (χ4n) is 2.47. The maximum atomic E-state index is 13.1. The minimum Gasteiger partial charge on any atom is -0.453 e. The average Bonchev–Trinajstić information content (AvgIpc) is 2.84. The summed E-state index contributed by atoms with van der Waals surface area (Å²) in [6.45, 7) is 1.60. The van der Waals surface area contributed by atoms with E-state index in [1.165, 1.54) is 42.5 Å². The van der Waals surface area contributed by atoms with Gasteiger partial charge in [0.25, 0.3) is 0 Å².